The Morgan fingerprint density at radius 1 is 0.107 bits per heavy atom. The van der Waals surface area contributed by atoms with E-state index in [0.717, 1.165) is 64.2 Å². The molecule has 0 bridgehead atoms. The minimum atomic E-state index is -0.653. The summed E-state index contributed by atoms with van der Waals surface area (Å²) >= 11 is 0. The fourth-order valence-electron chi connectivity index (χ4n) is 13.2. The average molecular weight is 1960 g/mol. The summed E-state index contributed by atoms with van der Waals surface area (Å²) in [5.74, 6) is -3.27. The summed E-state index contributed by atoms with van der Waals surface area (Å²) in [7, 11) is 0. The molecule has 600 valence electrons. The van der Waals surface area contributed by atoms with Gasteiger partial charge in [0, 0.05) is 32.1 Å². The molecule has 0 spiro atoms. The molecular weight excluding hydrogens is 1780 g/mol. The minimum absolute atomic E-state index is 0. The fourth-order valence-corrected chi connectivity index (χ4v) is 13.2. The van der Waals surface area contributed by atoms with Gasteiger partial charge in [-0.1, -0.05) is 484 Å². The second kappa shape index (κ2) is 204. The maximum Gasteiger partial charge on any atom is 2.00 e. The molecular formula is C90H180Mg22O10+44. The van der Waals surface area contributed by atoms with Gasteiger partial charge in [0.1, 0.15) is 0 Å². The Kier molecular flexibility index (Phi) is 349. The molecule has 0 aromatic carbocycles. The number of carboxylic acids is 5. The minimum Gasteiger partial charge on any atom is -0.481 e. The van der Waals surface area contributed by atoms with Gasteiger partial charge in [0.2, 0.25) is 0 Å². The van der Waals surface area contributed by atoms with Crippen LogP contribution in [0.15, 0.2) is 0 Å². The van der Waals surface area contributed by atoms with E-state index in [2.05, 4.69) is 34.6 Å². The molecule has 0 amide bonds. The average Bonchev–Trinajstić information content (AvgIpc) is 1.11. The number of unbranched alkanes of at least 4 members (excludes halogenated alkanes) is 70. The molecule has 32 heteroatoms. The van der Waals surface area contributed by atoms with Crippen molar-refractivity contribution in [1.82, 2.24) is 0 Å². The number of hydrogen-bond donors (Lipinski definition) is 5. The molecule has 0 fully saturated rings. The summed E-state index contributed by atoms with van der Waals surface area (Å²) < 4.78 is 0. The van der Waals surface area contributed by atoms with Gasteiger partial charge in [-0.3, -0.25) is 24.0 Å². The maximum absolute atomic E-state index is 10.3. The summed E-state index contributed by atoms with van der Waals surface area (Å²) in [5, 5.41) is 42.6. The molecule has 0 aliphatic heterocycles. The van der Waals surface area contributed by atoms with Gasteiger partial charge < -0.3 is 25.5 Å². The van der Waals surface area contributed by atoms with Crippen LogP contribution in [0.1, 0.15) is 548 Å². The molecule has 0 saturated heterocycles. The first-order valence-electron chi connectivity index (χ1n) is 44.9. The van der Waals surface area contributed by atoms with Crippen LogP contribution in [0.2, 0.25) is 0 Å². The van der Waals surface area contributed by atoms with E-state index in [1.165, 1.54) is 417 Å². The van der Waals surface area contributed by atoms with E-state index in [0.29, 0.717) is 32.1 Å². The summed E-state index contributed by atoms with van der Waals surface area (Å²) in [4.78, 5) is 51.7. The summed E-state index contributed by atoms with van der Waals surface area (Å²) in [5.41, 5.74) is 0. The Hall–Kier alpha value is 14.2. The van der Waals surface area contributed by atoms with E-state index in [1.807, 2.05) is 0 Å². The van der Waals surface area contributed by atoms with Crippen molar-refractivity contribution in [2.45, 2.75) is 548 Å². The van der Waals surface area contributed by atoms with Crippen molar-refractivity contribution in [2.75, 3.05) is 0 Å². The zero-order valence-electron chi connectivity index (χ0n) is 83.9. The van der Waals surface area contributed by atoms with Gasteiger partial charge in [-0.25, -0.2) is 0 Å². The Morgan fingerprint density at radius 3 is 0.205 bits per heavy atom. The topological polar surface area (TPSA) is 186 Å². The summed E-state index contributed by atoms with van der Waals surface area (Å²) in [6, 6.07) is 0. The predicted molar refractivity (Wildman–Crippen MR) is 562 cm³/mol. The van der Waals surface area contributed by atoms with Gasteiger partial charge in [-0.15, -0.1) is 0 Å². The molecule has 0 atom stereocenters. The van der Waals surface area contributed by atoms with Crippen LogP contribution in [0.3, 0.4) is 0 Å². The van der Waals surface area contributed by atoms with Crippen molar-refractivity contribution in [1.29, 1.82) is 0 Å². The van der Waals surface area contributed by atoms with Gasteiger partial charge in [-0.2, -0.15) is 0 Å². The van der Waals surface area contributed by atoms with Gasteiger partial charge in [0.05, 0.1) is 0 Å². The fraction of sp³-hybridized carbons (Fsp3) is 0.944. The zero-order valence-corrected chi connectivity index (χ0v) is 115. The molecule has 0 aliphatic rings. The zero-order chi connectivity index (χ0) is 74.5. The maximum atomic E-state index is 10.3. The van der Waals surface area contributed by atoms with Gasteiger partial charge in [0.15, 0.2) is 0 Å². The molecule has 0 aliphatic carbocycles. The normalized spacial score (nSPS) is 8.89. The summed E-state index contributed by atoms with van der Waals surface area (Å²) in [6.07, 6.45) is 101. The third kappa shape index (κ3) is 242. The van der Waals surface area contributed by atoms with Crippen LogP contribution >= 0.6 is 0 Å². The molecule has 0 aromatic rings. The van der Waals surface area contributed by atoms with E-state index in [9.17, 15) is 24.0 Å². The number of rotatable bonds is 80. The molecule has 5 N–H and O–H groups in total. The molecule has 0 rings (SSSR count). The second-order valence-electron chi connectivity index (χ2n) is 30.5. The predicted octanol–water partition coefficient (Wildman–Crippen LogP) is 23.3. The molecule has 0 aromatic heterocycles. The van der Waals surface area contributed by atoms with Crippen molar-refractivity contribution in [3.05, 3.63) is 0 Å². The van der Waals surface area contributed by atoms with Crippen molar-refractivity contribution in [3.8, 4) is 0 Å². The van der Waals surface area contributed by atoms with Crippen LogP contribution in [-0.4, -0.2) is 563 Å². The van der Waals surface area contributed by atoms with Gasteiger partial charge >= 0.3 is 537 Å². The number of hydrogen-bond acceptors (Lipinski definition) is 5. The van der Waals surface area contributed by atoms with Crippen molar-refractivity contribution < 1.29 is 49.5 Å². The van der Waals surface area contributed by atoms with E-state index < -0.39 is 29.8 Å². The van der Waals surface area contributed by atoms with Crippen LogP contribution in [-0.2, 0) is 24.0 Å². The second-order valence-corrected chi connectivity index (χ2v) is 30.5. The number of carboxylic acid groups (broad SMARTS) is 5. The monoisotopic (exact) mass is 1950 g/mol. The van der Waals surface area contributed by atoms with Crippen molar-refractivity contribution >= 4 is 537 Å². The largest absolute Gasteiger partial charge is 2.00 e. The molecule has 0 unspecified atom stereocenters. The van der Waals surface area contributed by atoms with Crippen LogP contribution in [0.4, 0.5) is 0 Å². The SMILES string of the molecule is CCCCCCCCCCCCCCCCCC(=O)O.CCCCCCCCCCCCCCCCCC(=O)O.CCCCCCCCCCCCCCCCCC(=O)O.CCCCCCCCCCCCCCCCCC(=O)O.CCCCCCCCCCCCCCCCCC(=O)O.[Mg+2].[Mg+2].[Mg+2].[Mg+2].[Mg+2].[Mg+2].[Mg+2].[Mg+2].[Mg+2].[Mg+2].[Mg+2].[Mg+2].[Mg+2].[Mg+2].[Mg+2].[Mg+2].[Mg+2].[Mg+2].[Mg+2].[Mg+2].[Mg+2].[Mg+2]. The first-order chi connectivity index (χ1) is 48.9. The third-order valence-corrected chi connectivity index (χ3v) is 20.0. The van der Waals surface area contributed by atoms with Crippen LogP contribution in [0.5, 0.6) is 0 Å². The van der Waals surface area contributed by atoms with Gasteiger partial charge in [0.25, 0.3) is 0 Å². The number of aliphatic carboxylic acids is 5. The Bertz CT molecular complexity index is 1350. The van der Waals surface area contributed by atoms with E-state index in [-0.39, 0.29) is 507 Å². The van der Waals surface area contributed by atoms with Crippen LogP contribution in [0.25, 0.3) is 0 Å². The van der Waals surface area contributed by atoms with Crippen LogP contribution in [0, 0.1) is 0 Å². The Morgan fingerprint density at radius 2 is 0.156 bits per heavy atom. The Labute approximate surface area is 1110 Å². The standard InChI is InChI=1S/5C18H36O2.22Mg/c5*1-2-3-4-5-6-7-8-9-10-11-12-13-14-15-16-17-18(19)20;;;;;;;;;;;;;;;;;;;;;;/h5*2-17H2,1H3,(H,19,20);;;;;;;;;;;;;;;;;;;;;;/q;;;;;22*+2. The molecule has 0 radical (unpaired) electrons. The molecule has 0 heterocycles. The quantitative estimate of drug-likeness (QED) is 0.0290. The Balaban J connectivity index is -0.0000000354. The smallest absolute Gasteiger partial charge is 0.481 e. The first kappa shape index (κ1) is 209. The molecule has 0 saturated carbocycles. The molecule has 10 nitrogen and oxygen atoms in total. The summed E-state index contributed by atoms with van der Waals surface area (Å²) in [6.45, 7) is 11.4. The van der Waals surface area contributed by atoms with E-state index >= 15 is 0 Å². The number of carbonyl (C=O) groups is 5. The van der Waals surface area contributed by atoms with Crippen molar-refractivity contribution in [3.63, 3.8) is 0 Å². The third-order valence-electron chi connectivity index (χ3n) is 20.0. The van der Waals surface area contributed by atoms with Crippen molar-refractivity contribution in [2.24, 2.45) is 0 Å². The van der Waals surface area contributed by atoms with E-state index in [4.69, 9.17) is 25.5 Å². The van der Waals surface area contributed by atoms with Crippen LogP contribution < -0.4 is 0 Å². The van der Waals surface area contributed by atoms with E-state index in [1.54, 1.807) is 0 Å². The van der Waals surface area contributed by atoms with Gasteiger partial charge in [-0.05, 0) is 32.1 Å². The molecule has 122 heavy (non-hydrogen) atoms. The first-order valence-corrected chi connectivity index (χ1v) is 44.9.